The van der Waals surface area contributed by atoms with Gasteiger partial charge in [0.25, 0.3) is 5.91 Å². The van der Waals surface area contributed by atoms with E-state index in [0.29, 0.717) is 36.4 Å². The molecule has 3 N–H and O–H groups in total. The Morgan fingerprint density at radius 1 is 1.12 bits per heavy atom. The normalized spacial score (nSPS) is 10.1. The number of aryl methyl sites for hydroxylation is 1. The highest BCUT2D eigenvalue weighted by molar-refractivity contribution is 5.77. The van der Waals surface area contributed by atoms with Gasteiger partial charge in [0, 0.05) is 31.4 Å². The van der Waals surface area contributed by atoms with E-state index in [-0.39, 0.29) is 12.5 Å². The molecule has 0 unspecified atom stereocenters. The summed E-state index contributed by atoms with van der Waals surface area (Å²) in [4.78, 5) is 20.5. The van der Waals surface area contributed by atoms with Gasteiger partial charge in [0.05, 0.1) is 7.11 Å². The Labute approximate surface area is 153 Å². The summed E-state index contributed by atoms with van der Waals surface area (Å²) in [5, 5.41) is 9.03. The van der Waals surface area contributed by atoms with Gasteiger partial charge in [0.15, 0.2) is 18.1 Å². The van der Waals surface area contributed by atoms with Gasteiger partial charge >= 0.3 is 0 Å². The van der Waals surface area contributed by atoms with Crippen LogP contribution in [0.25, 0.3) is 0 Å². The van der Waals surface area contributed by atoms with E-state index in [0.717, 1.165) is 12.2 Å². The minimum atomic E-state index is -0.204. The molecule has 2 rings (SSSR count). The van der Waals surface area contributed by atoms with E-state index >= 15 is 0 Å². The molecule has 0 fully saturated rings. The van der Waals surface area contributed by atoms with Crippen LogP contribution < -0.4 is 25.4 Å². The van der Waals surface area contributed by atoms with Crippen LogP contribution in [0.3, 0.4) is 0 Å². The summed E-state index contributed by atoms with van der Waals surface area (Å²) < 4.78 is 10.7. The highest BCUT2D eigenvalue weighted by atomic mass is 16.5. The standard InChI is InChI=1S/C18H25N5O3/c1-4-19-18-22-13(2)11-16(23-18)20-9-10-21-17(24)12-26-15-8-6-5-7-14(15)25-3/h5-8,11H,4,9-10,12H2,1-3H3,(H,21,24)(H2,19,20,22,23). The van der Waals surface area contributed by atoms with Gasteiger partial charge in [0.1, 0.15) is 5.82 Å². The monoisotopic (exact) mass is 359 g/mol. The average molecular weight is 359 g/mol. The van der Waals surface area contributed by atoms with Crippen LogP contribution in [0.1, 0.15) is 12.6 Å². The molecule has 0 atom stereocenters. The molecule has 8 heteroatoms. The molecular weight excluding hydrogens is 334 g/mol. The van der Waals surface area contributed by atoms with Crippen molar-refractivity contribution in [3.05, 3.63) is 36.0 Å². The summed E-state index contributed by atoms with van der Waals surface area (Å²) in [6.45, 7) is 5.57. The molecule has 2 aromatic rings. The molecule has 0 aliphatic carbocycles. The molecule has 0 saturated carbocycles. The fourth-order valence-electron chi connectivity index (χ4n) is 2.22. The molecule has 0 radical (unpaired) electrons. The Morgan fingerprint density at radius 3 is 2.62 bits per heavy atom. The molecule has 1 amide bonds. The van der Waals surface area contributed by atoms with Crippen LogP contribution in [0.4, 0.5) is 11.8 Å². The van der Waals surface area contributed by atoms with Crippen molar-refractivity contribution in [2.75, 3.05) is 44.0 Å². The molecule has 1 aromatic heterocycles. The van der Waals surface area contributed by atoms with E-state index in [2.05, 4.69) is 25.9 Å². The smallest absolute Gasteiger partial charge is 0.258 e. The highest BCUT2D eigenvalue weighted by Gasteiger charge is 2.06. The van der Waals surface area contributed by atoms with Crippen LogP contribution in [0, 0.1) is 6.92 Å². The van der Waals surface area contributed by atoms with E-state index < -0.39 is 0 Å². The van der Waals surface area contributed by atoms with Crippen LogP contribution in [0.2, 0.25) is 0 Å². The molecule has 1 aromatic carbocycles. The van der Waals surface area contributed by atoms with Gasteiger partial charge in [-0.1, -0.05) is 12.1 Å². The minimum Gasteiger partial charge on any atom is -0.493 e. The molecule has 140 valence electrons. The molecular formula is C18H25N5O3. The number of hydrogen-bond donors (Lipinski definition) is 3. The van der Waals surface area contributed by atoms with Gasteiger partial charge in [0.2, 0.25) is 5.95 Å². The second kappa shape index (κ2) is 10.1. The maximum Gasteiger partial charge on any atom is 0.258 e. The van der Waals surface area contributed by atoms with E-state index in [4.69, 9.17) is 9.47 Å². The zero-order chi connectivity index (χ0) is 18.8. The molecule has 26 heavy (non-hydrogen) atoms. The Kier molecular flexibility index (Phi) is 7.48. The van der Waals surface area contributed by atoms with E-state index in [1.165, 1.54) is 0 Å². The predicted octanol–water partition coefficient (Wildman–Crippen LogP) is 1.83. The molecule has 0 spiro atoms. The number of rotatable bonds is 10. The Balaban J connectivity index is 1.72. The van der Waals surface area contributed by atoms with Gasteiger partial charge in [-0.15, -0.1) is 0 Å². The lowest BCUT2D eigenvalue weighted by atomic mass is 10.3. The van der Waals surface area contributed by atoms with Crippen molar-refractivity contribution in [1.29, 1.82) is 0 Å². The number of anilines is 2. The third-order valence-electron chi connectivity index (χ3n) is 3.37. The third-order valence-corrected chi connectivity index (χ3v) is 3.37. The Hall–Kier alpha value is -3.03. The number of benzene rings is 1. The van der Waals surface area contributed by atoms with Crippen LogP contribution in [0.15, 0.2) is 30.3 Å². The lowest BCUT2D eigenvalue weighted by Gasteiger charge is -2.11. The number of ether oxygens (including phenoxy) is 2. The first-order valence-corrected chi connectivity index (χ1v) is 8.48. The zero-order valence-electron chi connectivity index (χ0n) is 15.3. The van der Waals surface area contributed by atoms with Crippen molar-refractivity contribution < 1.29 is 14.3 Å². The van der Waals surface area contributed by atoms with Crippen molar-refractivity contribution >= 4 is 17.7 Å². The first-order chi connectivity index (χ1) is 12.6. The van der Waals surface area contributed by atoms with Gasteiger partial charge in [-0.05, 0) is 26.0 Å². The lowest BCUT2D eigenvalue weighted by molar-refractivity contribution is -0.123. The fourth-order valence-corrected chi connectivity index (χ4v) is 2.22. The van der Waals surface area contributed by atoms with Crippen molar-refractivity contribution in [2.45, 2.75) is 13.8 Å². The zero-order valence-corrected chi connectivity index (χ0v) is 15.3. The van der Waals surface area contributed by atoms with Crippen LogP contribution in [0.5, 0.6) is 11.5 Å². The first kappa shape index (κ1) is 19.3. The van der Waals surface area contributed by atoms with Gasteiger partial charge in [-0.3, -0.25) is 4.79 Å². The van der Waals surface area contributed by atoms with Gasteiger partial charge in [-0.2, -0.15) is 4.98 Å². The van der Waals surface area contributed by atoms with Crippen molar-refractivity contribution in [2.24, 2.45) is 0 Å². The molecule has 8 nitrogen and oxygen atoms in total. The number of methoxy groups -OCH3 is 1. The summed E-state index contributed by atoms with van der Waals surface area (Å²) in [6, 6.07) is 9.06. The van der Waals surface area contributed by atoms with E-state index in [1.54, 1.807) is 19.2 Å². The van der Waals surface area contributed by atoms with Crippen molar-refractivity contribution in [1.82, 2.24) is 15.3 Å². The SMILES string of the molecule is CCNc1nc(C)cc(NCCNC(=O)COc2ccccc2OC)n1. The van der Waals surface area contributed by atoms with Crippen LogP contribution in [-0.4, -0.2) is 49.2 Å². The van der Waals surface area contributed by atoms with Crippen molar-refractivity contribution in [3.8, 4) is 11.5 Å². The van der Waals surface area contributed by atoms with Crippen LogP contribution in [-0.2, 0) is 4.79 Å². The number of carbonyl (C=O) groups is 1. The molecule has 1 heterocycles. The maximum atomic E-state index is 11.9. The second-order valence-electron chi connectivity index (χ2n) is 5.46. The van der Waals surface area contributed by atoms with Crippen molar-refractivity contribution in [3.63, 3.8) is 0 Å². The minimum absolute atomic E-state index is 0.0719. The Morgan fingerprint density at radius 2 is 1.88 bits per heavy atom. The number of para-hydroxylation sites is 2. The number of hydrogen-bond acceptors (Lipinski definition) is 7. The lowest BCUT2D eigenvalue weighted by Crippen LogP contribution is -2.32. The number of aromatic nitrogens is 2. The molecule has 0 aliphatic rings. The van der Waals surface area contributed by atoms with E-state index in [9.17, 15) is 4.79 Å². The topological polar surface area (TPSA) is 97.4 Å². The summed E-state index contributed by atoms with van der Waals surface area (Å²) in [5.41, 5.74) is 0.868. The molecule has 0 saturated heterocycles. The first-order valence-electron chi connectivity index (χ1n) is 8.48. The van der Waals surface area contributed by atoms with E-state index in [1.807, 2.05) is 32.0 Å². The molecule has 0 bridgehead atoms. The average Bonchev–Trinajstić information content (AvgIpc) is 2.63. The second-order valence-corrected chi connectivity index (χ2v) is 5.46. The summed E-state index contributed by atoms with van der Waals surface area (Å²) in [6.07, 6.45) is 0. The largest absolute Gasteiger partial charge is 0.493 e. The van der Waals surface area contributed by atoms with Crippen LogP contribution >= 0.6 is 0 Å². The Bertz CT molecular complexity index is 724. The number of carbonyl (C=O) groups excluding carboxylic acids is 1. The number of amides is 1. The maximum absolute atomic E-state index is 11.9. The fraction of sp³-hybridized carbons (Fsp3) is 0.389. The summed E-state index contributed by atoms with van der Waals surface area (Å²) in [7, 11) is 1.56. The third kappa shape index (κ3) is 6.12. The predicted molar refractivity (Wildman–Crippen MR) is 101 cm³/mol. The number of nitrogens with one attached hydrogen (secondary N) is 3. The summed E-state index contributed by atoms with van der Waals surface area (Å²) >= 11 is 0. The highest BCUT2D eigenvalue weighted by Crippen LogP contribution is 2.25. The van der Waals surface area contributed by atoms with Gasteiger partial charge < -0.3 is 25.4 Å². The molecule has 0 aliphatic heterocycles. The van der Waals surface area contributed by atoms with Gasteiger partial charge in [-0.25, -0.2) is 4.98 Å². The quantitative estimate of drug-likeness (QED) is 0.557. The number of nitrogens with zero attached hydrogens (tertiary/aromatic N) is 2. The summed E-state index contributed by atoms with van der Waals surface area (Å²) in [5.74, 6) is 2.23.